The van der Waals surface area contributed by atoms with Crippen LogP contribution in [0.2, 0.25) is 0 Å². The van der Waals surface area contributed by atoms with Gasteiger partial charge in [-0.1, -0.05) is 26.7 Å². The topological polar surface area (TPSA) is 78.4 Å². The molecule has 1 aromatic heterocycles. The molecule has 0 amide bonds. The molecule has 0 aliphatic carbocycles. The first kappa shape index (κ1) is 20.1. The second-order valence-electron chi connectivity index (χ2n) is 5.60. The van der Waals surface area contributed by atoms with Gasteiger partial charge in [0.2, 0.25) is 0 Å². The van der Waals surface area contributed by atoms with Crippen LogP contribution in [0.3, 0.4) is 0 Å². The number of nitrogens with zero attached hydrogens (tertiary/aromatic N) is 2. The molecule has 0 unspecified atom stereocenters. The average Bonchev–Trinajstić information content (AvgIpc) is 2.59. The molecule has 0 bridgehead atoms. The van der Waals surface area contributed by atoms with E-state index < -0.39 is 0 Å². The molecule has 1 rings (SSSR count). The van der Waals surface area contributed by atoms with Gasteiger partial charge in [-0.2, -0.15) is 0 Å². The molecule has 1 heterocycles. The van der Waals surface area contributed by atoms with Gasteiger partial charge in [0.05, 0.1) is 37.4 Å². The summed E-state index contributed by atoms with van der Waals surface area (Å²) >= 11 is 0. The number of aromatic nitrogens is 2. The van der Waals surface area contributed by atoms with Crippen LogP contribution in [-0.4, -0.2) is 35.1 Å². The summed E-state index contributed by atoms with van der Waals surface area (Å²) in [6, 6.07) is 0. The Morgan fingerprint density at radius 2 is 1.25 bits per heavy atom. The highest BCUT2D eigenvalue weighted by Crippen LogP contribution is 2.09. The van der Waals surface area contributed by atoms with Crippen molar-refractivity contribution in [2.45, 2.75) is 65.2 Å². The van der Waals surface area contributed by atoms with Gasteiger partial charge in [-0.3, -0.25) is 19.6 Å². The van der Waals surface area contributed by atoms with Crippen LogP contribution in [0.5, 0.6) is 0 Å². The van der Waals surface area contributed by atoms with Gasteiger partial charge in [0.25, 0.3) is 0 Å². The molecular weight excluding hydrogens is 308 g/mol. The third-order valence-corrected chi connectivity index (χ3v) is 3.51. The van der Waals surface area contributed by atoms with Crippen LogP contribution in [0, 0.1) is 0 Å². The Hall–Kier alpha value is -1.98. The Morgan fingerprint density at radius 1 is 0.833 bits per heavy atom. The summed E-state index contributed by atoms with van der Waals surface area (Å²) in [5.74, 6) is -0.446. The van der Waals surface area contributed by atoms with E-state index in [9.17, 15) is 9.59 Å². The molecule has 1 aromatic rings. The van der Waals surface area contributed by atoms with E-state index in [-0.39, 0.29) is 24.8 Å². The van der Waals surface area contributed by atoms with Crippen molar-refractivity contribution in [3.05, 3.63) is 23.8 Å². The normalized spacial score (nSPS) is 10.4. The van der Waals surface area contributed by atoms with Crippen molar-refractivity contribution in [1.82, 2.24) is 9.97 Å². The minimum atomic E-state index is -0.223. The van der Waals surface area contributed by atoms with Crippen LogP contribution in [-0.2, 0) is 31.9 Å². The minimum absolute atomic E-state index is 0.223. The molecular formula is C18H28N2O4. The summed E-state index contributed by atoms with van der Waals surface area (Å²) in [7, 11) is 0. The maximum Gasteiger partial charge on any atom is 0.306 e. The standard InChI is InChI=1S/C18H28N2O4/c1-3-5-13-23-17(21)9-7-15-16(20-12-11-19-15)8-10-18(22)24-14-6-4-2/h11-12H,3-10,13-14H2,1-2H3. The van der Waals surface area contributed by atoms with Gasteiger partial charge in [-0.25, -0.2) is 0 Å². The minimum Gasteiger partial charge on any atom is -0.466 e. The van der Waals surface area contributed by atoms with Gasteiger partial charge < -0.3 is 9.47 Å². The molecule has 0 saturated carbocycles. The van der Waals surface area contributed by atoms with Crippen LogP contribution < -0.4 is 0 Å². The monoisotopic (exact) mass is 336 g/mol. The van der Waals surface area contributed by atoms with Crippen LogP contribution in [0.25, 0.3) is 0 Å². The lowest BCUT2D eigenvalue weighted by atomic mass is 10.1. The van der Waals surface area contributed by atoms with E-state index in [0.29, 0.717) is 26.1 Å². The zero-order valence-corrected chi connectivity index (χ0v) is 14.8. The Balaban J connectivity index is 2.41. The van der Waals surface area contributed by atoms with E-state index in [0.717, 1.165) is 37.1 Å². The fraction of sp³-hybridized carbons (Fsp3) is 0.667. The predicted molar refractivity (Wildman–Crippen MR) is 90.4 cm³/mol. The van der Waals surface area contributed by atoms with Gasteiger partial charge in [-0.15, -0.1) is 0 Å². The Morgan fingerprint density at radius 3 is 1.62 bits per heavy atom. The molecule has 0 aliphatic heterocycles. The number of unbranched alkanes of at least 4 members (excludes halogenated alkanes) is 2. The Kier molecular flexibility index (Phi) is 10.4. The second kappa shape index (κ2) is 12.4. The summed E-state index contributed by atoms with van der Waals surface area (Å²) < 4.78 is 10.3. The van der Waals surface area contributed by atoms with Crippen molar-refractivity contribution in [2.75, 3.05) is 13.2 Å². The maximum atomic E-state index is 11.7. The van der Waals surface area contributed by atoms with Gasteiger partial charge in [0.15, 0.2) is 0 Å². The summed E-state index contributed by atoms with van der Waals surface area (Å²) in [6.07, 6.45) is 8.43. The highest BCUT2D eigenvalue weighted by Gasteiger charge is 2.11. The van der Waals surface area contributed by atoms with E-state index in [1.54, 1.807) is 12.4 Å². The smallest absolute Gasteiger partial charge is 0.306 e. The molecule has 0 aliphatic rings. The van der Waals surface area contributed by atoms with Crippen LogP contribution in [0.15, 0.2) is 12.4 Å². The van der Waals surface area contributed by atoms with Crippen LogP contribution >= 0.6 is 0 Å². The van der Waals surface area contributed by atoms with E-state index >= 15 is 0 Å². The fourth-order valence-corrected chi connectivity index (χ4v) is 2.06. The predicted octanol–water partition coefficient (Wildman–Crippen LogP) is 3.03. The SMILES string of the molecule is CCCCOC(=O)CCc1nccnc1CCC(=O)OCCCC. The van der Waals surface area contributed by atoms with Crippen molar-refractivity contribution in [2.24, 2.45) is 0 Å². The molecule has 0 N–H and O–H groups in total. The molecule has 134 valence electrons. The molecule has 0 atom stereocenters. The van der Waals surface area contributed by atoms with Crippen molar-refractivity contribution < 1.29 is 19.1 Å². The number of carbonyl (C=O) groups is 2. The summed E-state index contributed by atoms with van der Waals surface area (Å²) in [5, 5.41) is 0. The maximum absolute atomic E-state index is 11.7. The lowest BCUT2D eigenvalue weighted by molar-refractivity contribution is -0.144. The first-order chi connectivity index (χ1) is 11.7. The van der Waals surface area contributed by atoms with Gasteiger partial charge >= 0.3 is 11.9 Å². The quantitative estimate of drug-likeness (QED) is 0.431. The molecule has 24 heavy (non-hydrogen) atoms. The zero-order valence-electron chi connectivity index (χ0n) is 14.8. The second-order valence-corrected chi connectivity index (χ2v) is 5.60. The van der Waals surface area contributed by atoms with Gasteiger partial charge in [0, 0.05) is 25.2 Å². The molecule has 0 fully saturated rings. The van der Waals surface area contributed by atoms with Gasteiger partial charge in [0.1, 0.15) is 0 Å². The molecule has 0 saturated heterocycles. The van der Waals surface area contributed by atoms with Crippen molar-refractivity contribution in [3.63, 3.8) is 0 Å². The summed E-state index contributed by atoms with van der Waals surface area (Å²) in [6.45, 7) is 5.03. The Bertz CT molecular complexity index is 461. The lowest BCUT2D eigenvalue weighted by Crippen LogP contribution is -2.11. The third-order valence-electron chi connectivity index (χ3n) is 3.51. The van der Waals surface area contributed by atoms with Crippen molar-refractivity contribution >= 4 is 11.9 Å². The van der Waals surface area contributed by atoms with Crippen molar-refractivity contribution in [1.29, 1.82) is 0 Å². The van der Waals surface area contributed by atoms with Crippen molar-refractivity contribution in [3.8, 4) is 0 Å². The third kappa shape index (κ3) is 8.60. The number of aryl methyl sites for hydroxylation is 2. The first-order valence-electron chi connectivity index (χ1n) is 8.77. The highest BCUT2D eigenvalue weighted by atomic mass is 16.5. The molecule has 0 spiro atoms. The number of esters is 2. The van der Waals surface area contributed by atoms with E-state index in [1.807, 2.05) is 13.8 Å². The van der Waals surface area contributed by atoms with E-state index in [2.05, 4.69) is 9.97 Å². The lowest BCUT2D eigenvalue weighted by Gasteiger charge is -2.08. The number of rotatable bonds is 12. The number of hydrogen-bond acceptors (Lipinski definition) is 6. The number of ether oxygens (including phenoxy) is 2. The summed E-state index contributed by atoms with van der Waals surface area (Å²) in [5.41, 5.74) is 1.48. The molecule has 0 aromatic carbocycles. The van der Waals surface area contributed by atoms with Crippen LogP contribution in [0.4, 0.5) is 0 Å². The molecule has 6 heteroatoms. The highest BCUT2D eigenvalue weighted by molar-refractivity contribution is 5.70. The largest absolute Gasteiger partial charge is 0.466 e. The average molecular weight is 336 g/mol. The Labute approximate surface area is 144 Å². The molecule has 0 radical (unpaired) electrons. The number of carbonyl (C=O) groups excluding carboxylic acids is 2. The summed E-state index contributed by atoms with van der Waals surface area (Å²) in [4.78, 5) is 31.9. The first-order valence-corrected chi connectivity index (χ1v) is 8.77. The number of hydrogen-bond donors (Lipinski definition) is 0. The van der Waals surface area contributed by atoms with Gasteiger partial charge in [-0.05, 0) is 12.8 Å². The zero-order chi connectivity index (χ0) is 17.6. The van der Waals surface area contributed by atoms with E-state index in [4.69, 9.17) is 9.47 Å². The fourth-order valence-electron chi connectivity index (χ4n) is 2.06. The van der Waals surface area contributed by atoms with E-state index in [1.165, 1.54) is 0 Å². The molecule has 6 nitrogen and oxygen atoms in total. The van der Waals surface area contributed by atoms with Crippen LogP contribution in [0.1, 0.15) is 63.8 Å².